The van der Waals surface area contributed by atoms with E-state index in [0.29, 0.717) is 22.3 Å². The average Bonchev–Trinajstić information content (AvgIpc) is 2.74. The summed E-state index contributed by atoms with van der Waals surface area (Å²) < 4.78 is 0. The molecule has 0 fully saturated rings. The molecule has 0 aliphatic carbocycles. The molecule has 7 heteroatoms. The van der Waals surface area contributed by atoms with Gasteiger partial charge in [-0.1, -0.05) is 37.0 Å². The molecule has 0 aliphatic rings. The Hall–Kier alpha value is -1.72. The molecular weight excluding hydrogens is 327 g/mol. The maximum Gasteiger partial charge on any atom is 0.326 e. The molecule has 0 radical (unpaired) electrons. The minimum atomic E-state index is -1.07. The molecule has 1 heterocycles. The molecule has 0 bridgehead atoms. The smallest absolute Gasteiger partial charge is 0.326 e. The number of nitrogens with one attached hydrogen (secondary N) is 2. The van der Waals surface area contributed by atoms with Gasteiger partial charge in [0.05, 0.1) is 5.02 Å². The van der Waals surface area contributed by atoms with Crippen LogP contribution in [0.15, 0.2) is 18.2 Å². The second-order valence-electron chi connectivity index (χ2n) is 5.50. The second-order valence-corrected chi connectivity index (χ2v) is 6.31. The maximum atomic E-state index is 12.3. The molecule has 1 atom stereocenters. The first-order chi connectivity index (χ1) is 10.3. The lowest BCUT2D eigenvalue weighted by Crippen LogP contribution is -2.41. The van der Waals surface area contributed by atoms with Crippen LogP contribution >= 0.6 is 23.2 Å². The molecule has 0 unspecified atom stereocenters. The summed E-state index contributed by atoms with van der Waals surface area (Å²) in [7, 11) is 0. The standard InChI is InChI=1S/C15H16Cl2N2O3/c1-7(2)5-11(15(21)22)19-14(20)13-12(17)9-6-8(16)3-4-10(9)18-13/h3-4,6-7,11,18H,5H2,1-2H3,(H,19,20)(H,21,22)/t11-/m1/s1. The monoisotopic (exact) mass is 342 g/mol. The summed E-state index contributed by atoms with van der Waals surface area (Å²) in [5.41, 5.74) is 0.796. The Bertz CT molecular complexity index is 725. The third-order valence-electron chi connectivity index (χ3n) is 3.23. The zero-order valence-electron chi connectivity index (χ0n) is 12.1. The Kier molecular flexibility index (Phi) is 4.98. The topological polar surface area (TPSA) is 82.2 Å². The number of rotatable bonds is 5. The van der Waals surface area contributed by atoms with Gasteiger partial charge >= 0.3 is 5.97 Å². The van der Waals surface area contributed by atoms with Gasteiger partial charge in [-0.2, -0.15) is 0 Å². The molecule has 3 N–H and O–H groups in total. The number of amides is 1. The molecule has 1 aromatic heterocycles. The number of aromatic nitrogens is 1. The number of hydrogen-bond acceptors (Lipinski definition) is 2. The average molecular weight is 343 g/mol. The number of aliphatic carboxylic acids is 1. The number of carboxylic acids is 1. The van der Waals surface area contributed by atoms with Crippen LogP contribution in [-0.4, -0.2) is 28.0 Å². The zero-order valence-corrected chi connectivity index (χ0v) is 13.6. The van der Waals surface area contributed by atoms with Crippen LogP contribution in [0.2, 0.25) is 10.0 Å². The van der Waals surface area contributed by atoms with Crippen LogP contribution in [0.1, 0.15) is 30.8 Å². The van der Waals surface area contributed by atoms with E-state index >= 15 is 0 Å². The molecule has 2 rings (SSSR count). The van der Waals surface area contributed by atoms with Crippen molar-refractivity contribution >= 4 is 46.0 Å². The minimum Gasteiger partial charge on any atom is -0.480 e. The molecule has 1 amide bonds. The summed E-state index contributed by atoms with van der Waals surface area (Å²) in [4.78, 5) is 26.4. The van der Waals surface area contributed by atoms with Crippen molar-refractivity contribution in [3.05, 3.63) is 33.9 Å². The Morgan fingerprint density at radius 1 is 1.32 bits per heavy atom. The SMILES string of the molecule is CC(C)C[C@@H](NC(=O)c1[nH]c2ccc(Cl)cc2c1Cl)C(=O)O. The zero-order chi connectivity index (χ0) is 16.4. The highest BCUT2D eigenvalue weighted by Gasteiger charge is 2.24. The third-order valence-corrected chi connectivity index (χ3v) is 3.86. The third kappa shape index (κ3) is 3.54. The van der Waals surface area contributed by atoms with E-state index in [2.05, 4.69) is 10.3 Å². The highest BCUT2D eigenvalue weighted by atomic mass is 35.5. The Labute approximate surface area is 137 Å². The van der Waals surface area contributed by atoms with Gasteiger partial charge in [-0.05, 0) is 30.5 Å². The highest BCUT2D eigenvalue weighted by molar-refractivity contribution is 6.39. The summed E-state index contributed by atoms with van der Waals surface area (Å²) in [6, 6.07) is 4.08. The molecule has 118 valence electrons. The number of fused-ring (bicyclic) bond motifs is 1. The number of benzene rings is 1. The number of carbonyl (C=O) groups is 2. The fourth-order valence-electron chi connectivity index (χ4n) is 2.21. The lowest BCUT2D eigenvalue weighted by atomic mass is 10.0. The van der Waals surface area contributed by atoms with E-state index in [-0.39, 0.29) is 16.6 Å². The van der Waals surface area contributed by atoms with Crippen LogP contribution < -0.4 is 5.32 Å². The van der Waals surface area contributed by atoms with Crippen molar-refractivity contribution in [3.63, 3.8) is 0 Å². The predicted octanol–water partition coefficient (Wildman–Crippen LogP) is 3.70. The van der Waals surface area contributed by atoms with Crippen molar-refractivity contribution in [2.24, 2.45) is 5.92 Å². The van der Waals surface area contributed by atoms with Crippen molar-refractivity contribution in [1.82, 2.24) is 10.3 Å². The molecular formula is C15H16Cl2N2O3. The van der Waals surface area contributed by atoms with E-state index in [1.807, 2.05) is 13.8 Å². The van der Waals surface area contributed by atoms with Gasteiger partial charge in [0.2, 0.25) is 0 Å². The normalized spacial score (nSPS) is 12.6. The van der Waals surface area contributed by atoms with Crippen LogP contribution in [0, 0.1) is 5.92 Å². The first-order valence-corrected chi connectivity index (χ1v) is 7.55. The lowest BCUT2D eigenvalue weighted by molar-refractivity contribution is -0.139. The summed E-state index contributed by atoms with van der Waals surface area (Å²) >= 11 is 12.1. The maximum absolute atomic E-state index is 12.3. The van der Waals surface area contributed by atoms with Crippen molar-refractivity contribution in [2.75, 3.05) is 0 Å². The largest absolute Gasteiger partial charge is 0.480 e. The molecule has 2 aromatic rings. The Morgan fingerprint density at radius 2 is 2.00 bits per heavy atom. The van der Waals surface area contributed by atoms with Gasteiger partial charge in [0, 0.05) is 15.9 Å². The summed E-state index contributed by atoms with van der Waals surface area (Å²) in [5.74, 6) is -1.49. The quantitative estimate of drug-likeness (QED) is 0.774. The summed E-state index contributed by atoms with van der Waals surface area (Å²) in [6.07, 6.45) is 0.338. The van der Waals surface area contributed by atoms with Crippen molar-refractivity contribution in [2.45, 2.75) is 26.3 Å². The fraction of sp³-hybridized carbons (Fsp3) is 0.333. The number of carboxylic acid groups (broad SMARTS) is 1. The van der Waals surface area contributed by atoms with E-state index in [4.69, 9.17) is 23.2 Å². The predicted molar refractivity (Wildman–Crippen MR) is 86.7 cm³/mol. The van der Waals surface area contributed by atoms with E-state index in [0.717, 1.165) is 0 Å². The Morgan fingerprint density at radius 3 is 2.59 bits per heavy atom. The van der Waals surface area contributed by atoms with Crippen LogP contribution in [0.3, 0.4) is 0 Å². The lowest BCUT2D eigenvalue weighted by Gasteiger charge is -2.16. The van der Waals surface area contributed by atoms with Crippen LogP contribution in [0.25, 0.3) is 10.9 Å². The minimum absolute atomic E-state index is 0.133. The molecule has 0 saturated heterocycles. The van der Waals surface area contributed by atoms with Gasteiger partial charge < -0.3 is 15.4 Å². The van der Waals surface area contributed by atoms with Crippen LogP contribution in [0.5, 0.6) is 0 Å². The van der Waals surface area contributed by atoms with E-state index in [9.17, 15) is 14.7 Å². The summed E-state index contributed by atoms with van der Waals surface area (Å²) in [6.45, 7) is 3.78. The van der Waals surface area contributed by atoms with Gasteiger partial charge in [-0.15, -0.1) is 0 Å². The number of hydrogen-bond donors (Lipinski definition) is 3. The number of halogens is 2. The first kappa shape index (κ1) is 16.6. The number of carbonyl (C=O) groups excluding carboxylic acids is 1. The van der Waals surface area contributed by atoms with Gasteiger partial charge in [-0.3, -0.25) is 4.79 Å². The second kappa shape index (κ2) is 6.58. The van der Waals surface area contributed by atoms with Gasteiger partial charge in [0.1, 0.15) is 11.7 Å². The van der Waals surface area contributed by atoms with Gasteiger partial charge in [0.15, 0.2) is 0 Å². The van der Waals surface area contributed by atoms with E-state index < -0.39 is 17.9 Å². The Balaban J connectivity index is 2.29. The van der Waals surface area contributed by atoms with E-state index in [1.54, 1.807) is 18.2 Å². The molecule has 0 saturated carbocycles. The molecule has 5 nitrogen and oxygen atoms in total. The van der Waals surface area contributed by atoms with Crippen molar-refractivity contribution < 1.29 is 14.7 Å². The molecule has 22 heavy (non-hydrogen) atoms. The van der Waals surface area contributed by atoms with E-state index in [1.165, 1.54) is 0 Å². The number of aromatic amines is 1. The summed E-state index contributed by atoms with van der Waals surface area (Å²) in [5, 5.41) is 13.0. The number of H-pyrrole nitrogens is 1. The van der Waals surface area contributed by atoms with Gasteiger partial charge in [0.25, 0.3) is 5.91 Å². The van der Waals surface area contributed by atoms with Crippen LogP contribution in [0.4, 0.5) is 0 Å². The first-order valence-electron chi connectivity index (χ1n) is 6.80. The molecule has 0 aliphatic heterocycles. The van der Waals surface area contributed by atoms with Crippen molar-refractivity contribution in [1.29, 1.82) is 0 Å². The van der Waals surface area contributed by atoms with Crippen LogP contribution in [-0.2, 0) is 4.79 Å². The fourth-order valence-corrected chi connectivity index (χ4v) is 2.67. The molecule has 0 spiro atoms. The van der Waals surface area contributed by atoms with Crippen molar-refractivity contribution in [3.8, 4) is 0 Å². The highest BCUT2D eigenvalue weighted by Crippen LogP contribution is 2.29. The van der Waals surface area contributed by atoms with Gasteiger partial charge in [-0.25, -0.2) is 4.79 Å². The molecule has 1 aromatic carbocycles.